The summed E-state index contributed by atoms with van der Waals surface area (Å²) >= 11 is 0. The second kappa shape index (κ2) is 1.35. The molecule has 1 aromatic carbocycles. The molecule has 0 aliphatic carbocycles. The van der Waals surface area contributed by atoms with E-state index in [0.717, 1.165) is 11.3 Å². The van der Waals surface area contributed by atoms with Gasteiger partial charge in [-0.1, -0.05) is 12.1 Å². The molecule has 2 nitrogen and oxygen atoms in total. The van der Waals surface area contributed by atoms with Gasteiger partial charge in [0.25, 0.3) is 5.69 Å². The molecule has 1 aliphatic heterocycles. The smallest absolute Gasteiger partial charge is 0.447 e. The van der Waals surface area contributed by atoms with E-state index in [4.69, 9.17) is 5.11 Å². The summed E-state index contributed by atoms with van der Waals surface area (Å²) < 4.78 is 0. The van der Waals surface area contributed by atoms with Gasteiger partial charge < -0.3 is 5.11 Å². The molecule has 43 valence electrons. The van der Waals surface area contributed by atoms with Gasteiger partial charge in [0, 0.05) is 6.07 Å². The third-order valence-electron chi connectivity index (χ3n) is 1.37. The molecule has 2 heteroatoms. The Morgan fingerprint density at radius 1 is 1.22 bits per heavy atom. The van der Waals surface area contributed by atoms with Gasteiger partial charge in [-0.3, -0.25) is 0 Å². The van der Waals surface area contributed by atoms with E-state index in [-0.39, 0.29) is 5.90 Å². The van der Waals surface area contributed by atoms with E-state index in [0.29, 0.717) is 0 Å². The molecule has 1 radical (unpaired) electrons. The standard InChI is InChI=1S/C7H5NO/c9-7-5-3-1-2-4-6(5)8-7/h1-4,9H/q+1. The first-order chi connectivity index (χ1) is 4.38. The van der Waals surface area contributed by atoms with E-state index >= 15 is 0 Å². The molecule has 1 heterocycles. The van der Waals surface area contributed by atoms with Crippen molar-refractivity contribution in [2.75, 3.05) is 0 Å². The molecule has 9 heavy (non-hydrogen) atoms. The maximum atomic E-state index is 8.85. The van der Waals surface area contributed by atoms with Crippen molar-refractivity contribution in [3.05, 3.63) is 29.8 Å². The number of rotatable bonds is 0. The zero-order valence-corrected chi connectivity index (χ0v) is 4.70. The normalized spacial score (nSPS) is 13.6. The topological polar surface area (TPSA) is 34.3 Å². The summed E-state index contributed by atoms with van der Waals surface area (Å²) in [6.45, 7) is 0. The van der Waals surface area contributed by atoms with Crippen LogP contribution in [-0.4, -0.2) is 11.0 Å². The van der Waals surface area contributed by atoms with Crippen LogP contribution < -0.4 is 4.99 Å². The number of benzene rings is 1. The highest BCUT2D eigenvalue weighted by Gasteiger charge is 2.32. The largest absolute Gasteiger partial charge is 0.455 e. The Kier molecular flexibility index (Phi) is 0.681. The summed E-state index contributed by atoms with van der Waals surface area (Å²) in [6, 6.07) is 7.49. The Morgan fingerprint density at radius 3 is 2.56 bits per heavy atom. The molecule has 1 N–H and O–H groups in total. The van der Waals surface area contributed by atoms with E-state index in [9.17, 15) is 0 Å². The van der Waals surface area contributed by atoms with E-state index in [1.54, 1.807) is 0 Å². The summed E-state index contributed by atoms with van der Waals surface area (Å²) in [4.78, 5) is 3.76. The average molecular weight is 119 g/mol. The van der Waals surface area contributed by atoms with Crippen molar-refractivity contribution < 1.29 is 5.11 Å². The highest BCUT2D eigenvalue weighted by Crippen LogP contribution is 2.19. The van der Waals surface area contributed by atoms with E-state index in [2.05, 4.69) is 4.99 Å². The lowest BCUT2D eigenvalue weighted by molar-refractivity contribution is 0.542. The molecule has 1 aromatic rings. The lowest BCUT2D eigenvalue weighted by Gasteiger charge is -1.95. The minimum atomic E-state index is 0.158. The van der Waals surface area contributed by atoms with Crippen LogP contribution in [0.5, 0.6) is 0 Å². The molecule has 0 spiro atoms. The Bertz CT molecular complexity index is 278. The lowest BCUT2D eigenvalue weighted by Crippen LogP contribution is -2.16. The van der Waals surface area contributed by atoms with Gasteiger partial charge in [-0.05, 0) is 6.07 Å². The maximum absolute atomic E-state index is 8.85. The molecule has 0 saturated carbocycles. The first-order valence-corrected chi connectivity index (χ1v) is 2.75. The second-order valence-electron chi connectivity index (χ2n) is 1.95. The van der Waals surface area contributed by atoms with Crippen LogP contribution in [0.3, 0.4) is 0 Å². The van der Waals surface area contributed by atoms with Crippen LogP contribution in [0.1, 0.15) is 5.56 Å². The number of aliphatic imine (C=N–C) groups is 1. The summed E-state index contributed by atoms with van der Waals surface area (Å²) in [7, 11) is 0. The van der Waals surface area contributed by atoms with Crippen molar-refractivity contribution in [3.8, 4) is 0 Å². The predicted molar refractivity (Wildman–Crippen MR) is 35.0 cm³/mol. The van der Waals surface area contributed by atoms with Gasteiger partial charge in [0.05, 0.1) is 0 Å². The molecule has 0 aromatic heterocycles. The molecule has 2 rings (SSSR count). The number of nitrogens with zero attached hydrogens (tertiary/aromatic N) is 1. The molecule has 0 atom stereocenters. The fourth-order valence-corrected chi connectivity index (χ4v) is 0.882. The lowest BCUT2D eigenvalue weighted by atomic mass is 10.1. The maximum Gasteiger partial charge on any atom is 0.447 e. The molecule has 0 fully saturated rings. The predicted octanol–water partition coefficient (Wildman–Crippen LogP) is 0.972. The molecule has 0 unspecified atom stereocenters. The zero-order valence-electron chi connectivity index (χ0n) is 4.70. The van der Waals surface area contributed by atoms with E-state index in [1.807, 2.05) is 24.3 Å². The molecule has 0 amide bonds. The van der Waals surface area contributed by atoms with Crippen LogP contribution >= 0.6 is 0 Å². The van der Waals surface area contributed by atoms with Crippen molar-refractivity contribution in [2.45, 2.75) is 0 Å². The zero-order chi connectivity index (χ0) is 6.27. The van der Waals surface area contributed by atoms with Gasteiger partial charge in [-0.15, -0.1) is 0 Å². The number of aliphatic hydroxyl groups is 1. The summed E-state index contributed by atoms with van der Waals surface area (Å²) in [5.41, 5.74) is 1.74. The molecular formula is C7H5NO+. The molecular weight excluding hydrogens is 114 g/mol. The number of hydrogen-bond acceptors (Lipinski definition) is 1. The Hall–Kier alpha value is -1.31. The highest BCUT2D eigenvalue weighted by molar-refractivity contribution is 6.04. The Morgan fingerprint density at radius 2 is 2.00 bits per heavy atom. The Balaban J connectivity index is 2.61. The van der Waals surface area contributed by atoms with Crippen LogP contribution in [-0.2, 0) is 0 Å². The number of fused-ring (bicyclic) bond motifs is 1. The average Bonchev–Trinajstić information content (AvgIpc) is 1.86. The SMILES string of the molecule is OC1=[N+]c2ccccc21. The van der Waals surface area contributed by atoms with Gasteiger partial charge >= 0.3 is 5.90 Å². The van der Waals surface area contributed by atoms with Crippen molar-refractivity contribution >= 4 is 11.6 Å². The van der Waals surface area contributed by atoms with Gasteiger partial charge in [0.2, 0.25) is 0 Å². The fourth-order valence-electron chi connectivity index (χ4n) is 0.882. The number of aliphatic hydroxyl groups excluding tert-OH is 1. The minimum absolute atomic E-state index is 0.158. The first kappa shape index (κ1) is 4.56. The molecule has 0 saturated heterocycles. The summed E-state index contributed by atoms with van der Waals surface area (Å²) in [5, 5.41) is 8.85. The van der Waals surface area contributed by atoms with Crippen molar-refractivity contribution in [1.82, 2.24) is 4.99 Å². The van der Waals surface area contributed by atoms with Crippen molar-refractivity contribution in [1.29, 1.82) is 0 Å². The van der Waals surface area contributed by atoms with Crippen LogP contribution in [0.25, 0.3) is 0 Å². The number of para-hydroxylation sites is 1. The van der Waals surface area contributed by atoms with Crippen molar-refractivity contribution in [2.24, 2.45) is 0 Å². The molecule has 1 aliphatic rings. The van der Waals surface area contributed by atoms with Gasteiger partial charge in [0.1, 0.15) is 4.99 Å². The summed E-state index contributed by atoms with van der Waals surface area (Å²) in [5.74, 6) is 0.158. The third-order valence-corrected chi connectivity index (χ3v) is 1.37. The van der Waals surface area contributed by atoms with E-state index < -0.39 is 0 Å². The second-order valence-corrected chi connectivity index (χ2v) is 1.95. The van der Waals surface area contributed by atoms with Gasteiger partial charge in [-0.25, -0.2) is 0 Å². The van der Waals surface area contributed by atoms with Crippen LogP contribution in [0, 0.1) is 0 Å². The first-order valence-electron chi connectivity index (χ1n) is 2.75. The third kappa shape index (κ3) is 0.470. The van der Waals surface area contributed by atoms with Crippen LogP contribution in [0.4, 0.5) is 5.69 Å². The minimum Gasteiger partial charge on any atom is -0.455 e. The van der Waals surface area contributed by atoms with E-state index in [1.165, 1.54) is 0 Å². The quantitative estimate of drug-likeness (QED) is 0.542. The highest BCUT2D eigenvalue weighted by atomic mass is 16.3. The van der Waals surface area contributed by atoms with Crippen LogP contribution in [0.2, 0.25) is 0 Å². The van der Waals surface area contributed by atoms with Gasteiger partial charge in [-0.2, -0.15) is 0 Å². The molecule has 0 bridgehead atoms. The Labute approximate surface area is 52.5 Å². The summed E-state index contributed by atoms with van der Waals surface area (Å²) in [6.07, 6.45) is 0. The number of hydrogen-bond donors (Lipinski definition) is 1. The van der Waals surface area contributed by atoms with Crippen LogP contribution in [0.15, 0.2) is 24.3 Å². The van der Waals surface area contributed by atoms with Gasteiger partial charge in [0.15, 0.2) is 5.56 Å². The van der Waals surface area contributed by atoms with Crippen molar-refractivity contribution in [3.63, 3.8) is 0 Å². The fraction of sp³-hybridized carbons (Fsp3) is 0. The monoisotopic (exact) mass is 119 g/mol.